The maximum atomic E-state index is 5.97. The zero-order valence-corrected chi connectivity index (χ0v) is 12.4. The van der Waals surface area contributed by atoms with E-state index < -0.39 is 0 Å². The van der Waals surface area contributed by atoms with Crippen molar-refractivity contribution in [2.75, 3.05) is 17.8 Å². The van der Waals surface area contributed by atoms with Crippen LogP contribution in [0.2, 0.25) is 0 Å². The Kier molecular flexibility index (Phi) is 5.25. The van der Waals surface area contributed by atoms with Gasteiger partial charge in [0.05, 0.1) is 12.2 Å². The summed E-state index contributed by atoms with van der Waals surface area (Å²) in [6, 6.07) is 0.459. The van der Waals surface area contributed by atoms with Gasteiger partial charge in [-0.15, -0.1) is 11.6 Å². The lowest BCUT2D eigenvalue weighted by molar-refractivity contribution is 0.323. The third-order valence-electron chi connectivity index (χ3n) is 3.66. The lowest BCUT2D eigenvalue weighted by Crippen LogP contribution is -2.28. The van der Waals surface area contributed by atoms with Gasteiger partial charge in [0.2, 0.25) is 5.88 Å². The Hall–Kier alpha value is -1.03. The van der Waals surface area contributed by atoms with E-state index in [1.807, 2.05) is 13.8 Å². The van der Waals surface area contributed by atoms with Gasteiger partial charge in [-0.1, -0.05) is 6.42 Å². The van der Waals surface area contributed by atoms with Crippen LogP contribution in [0.3, 0.4) is 0 Å². The van der Waals surface area contributed by atoms with Crippen LogP contribution in [0.5, 0.6) is 5.88 Å². The average Bonchev–Trinajstić information content (AvgIpc) is 2.44. The summed E-state index contributed by atoms with van der Waals surface area (Å²) in [6.07, 6.45) is 6.34. The van der Waals surface area contributed by atoms with Crippen molar-refractivity contribution < 1.29 is 4.74 Å². The smallest absolute Gasteiger partial charge is 0.221 e. The van der Waals surface area contributed by atoms with Crippen LogP contribution in [0.1, 0.15) is 38.2 Å². The lowest BCUT2D eigenvalue weighted by atomic mass is 9.87. The quantitative estimate of drug-likeness (QED) is 0.842. The molecular weight excluding hydrogens is 262 g/mol. The van der Waals surface area contributed by atoms with E-state index in [0.717, 1.165) is 23.7 Å². The van der Waals surface area contributed by atoms with E-state index >= 15 is 0 Å². The van der Waals surface area contributed by atoms with Gasteiger partial charge in [0.25, 0.3) is 0 Å². The second-order valence-corrected chi connectivity index (χ2v) is 5.42. The second-order valence-electron chi connectivity index (χ2n) is 5.11. The summed E-state index contributed by atoms with van der Waals surface area (Å²) < 4.78 is 5.50. The monoisotopic (exact) mass is 283 g/mol. The first-order valence-corrected chi connectivity index (χ1v) is 7.55. The molecule has 0 bridgehead atoms. The number of hydrogen-bond donors (Lipinski definition) is 1. The summed E-state index contributed by atoms with van der Waals surface area (Å²) in [5.74, 6) is 2.94. The highest BCUT2D eigenvalue weighted by molar-refractivity contribution is 6.18. The fraction of sp³-hybridized carbons (Fsp3) is 0.714. The molecule has 4 nitrogen and oxygen atoms in total. The molecule has 1 heterocycles. The number of hydrogen-bond acceptors (Lipinski definition) is 4. The predicted octanol–water partition coefficient (Wildman–Crippen LogP) is 3.39. The summed E-state index contributed by atoms with van der Waals surface area (Å²) in [7, 11) is 0. The zero-order valence-electron chi connectivity index (χ0n) is 11.7. The number of ether oxygens (including phenoxy) is 1. The summed E-state index contributed by atoms with van der Waals surface area (Å²) >= 11 is 5.97. The van der Waals surface area contributed by atoms with Gasteiger partial charge >= 0.3 is 0 Å². The molecule has 2 atom stereocenters. The Morgan fingerprint density at radius 2 is 2.26 bits per heavy atom. The highest BCUT2D eigenvalue weighted by Gasteiger charge is 2.22. The largest absolute Gasteiger partial charge is 0.478 e. The van der Waals surface area contributed by atoms with Crippen LogP contribution in [-0.4, -0.2) is 28.5 Å². The molecule has 0 aromatic carbocycles. The summed E-state index contributed by atoms with van der Waals surface area (Å²) in [5, 5.41) is 3.52. The first-order valence-electron chi connectivity index (χ1n) is 7.01. The molecule has 0 aliphatic heterocycles. The van der Waals surface area contributed by atoms with Gasteiger partial charge in [0, 0.05) is 11.9 Å². The molecule has 1 aliphatic carbocycles. The molecule has 106 valence electrons. The van der Waals surface area contributed by atoms with E-state index in [1.54, 1.807) is 6.33 Å². The molecule has 0 radical (unpaired) electrons. The number of rotatable bonds is 5. The van der Waals surface area contributed by atoms with E-state index in [0.29, 0.717) is 24.4 Å². The SMILES string of the molecule is CCOc1ncnc(NC2CCCC(CCl)C2)c1C. The summed E-state index contributed by atoms with van der Waals surface area (Å²) in [5.41, 5.74) is 0.984. The molecule has 19 heavy (non-hydrogen) atoms. The molecule has 2 rings (SSSR count). The number of nitrogens with one attached hydrogen (secondary N) is 1. The van der Waals surface area contributed by atoms with E-state index in [4.69, 9.17) is 16.3 Å². The molecule has 5 heteroatoms. The summed E-state index contributed by atoms with van der Waals surface area (Å²) in [6.45, 7) is 4.57. The third kappa shape index (κ3) is 3.72. The average molecular weight is 284 g/mol. The Morgan fingerprint density at radius 3 is 3.00 bits per heavy atom. The Bertz CT molecular complexity index is 414. The van der Waals surface area contributed by atoms with Gasteiger partial charge in [-0.05, 0) is 39.0 Å². The number of nitrogens with zero attached hydrogens (tertiary/aromatic N) is 2. The minimum atomic E-state index is 0.459. The van der Waals surface area contributed by atoms with Crippen LogP contribution < -0.4 is 10.1 Å². The van der Waals surface area contributed by atoms with E-state index in [-0.39, 0.29) is 0 Å². The van der Waals surface area contributed by atoms with E-state index in [2.05, 4.69) is 15.3 Å². The molecule has 0 amide bonds. The number of aromatic nitrogens is 2. The molecular formula is C14H22ClN3O. The number of halogens is 1. The van der Waals surface area contributed by atoms with Gasteiger partial charge in [0.15, 0.2) is 0 Å². The van der Waals surface area contributed by atoms with E-state index in [1.165, 1.54) is 19.3 Å². The van der Waals surface area contributed by atoms with Crippen molar-refractivity contribution in [3.8, 4) is 5.88 Å². The van der Waals surface area contributed by atoms with Crippen molar-refractivity contribution >= 4 is 17.4 Å². The molecule has 1 fully saturated rings. The van der Waals surface area contributed by atoms with Crippen molar-refractivity contribution in [2.45, 2.75) is 45.6 Å². The minimum absolute atomic E-state index is 0.459. The van der Waals surface area contributed by atoms with Gasteiger partial charge < -0.3 is 10.1 Å². The van der Waals surface area contributed by atoms with Crippen molar-refractivity contribution in [2.24, 2.45) is 5.92 Å². The molecule has 1 N–H and O–H groups in total. The van der Waals surface area contributed by atoms with Crippen LogP contribution >= 0.6 is 11.6 Å². The van der Waals surface area contributed by atoms with Crippen LogP contribution in [0, 0.1) is 12.8 Å². The molecule has 2 unspecified atom stereocenters. The zero-order chi connectivity index (χ0) is 13.7. The maximum absolute atomic E-state index is 5.97. The van der Waals surface area contributed by atoms with Crippen LogP contribution in [0.15, 0.2) is 6.33 Å². The standard InChI is InChI=1S/C14H22ClN3O/c1-3-19-14-10(2)13(16-9-17-14)18-12-6-4-5-11(7-12)8-15/h9,11-12H,3-8H2,1-2H3,(H,16,17,18). The topological polar surface area (TPSA) is 47.0 Å². The Labute approximate surface area is 119 Å². The van der Waals surface area contributed by atoms with Crippen molar-refractivity contribution in [3.63, 3.8) is 0 Å². The van der Waals surface area contributed by atoms with Gasteiger partial charge in [0.1, 0.15) is 12.1 Å². The van der Waals surface area contributed by atoms with Crippen molar-refractivity contribution in [1.29, 1.82) is 0 Å². The number of anilines is 1. The van der Waals surface area contributed by atoms with Gasteiger partial charge in [-0.25, -0.2) is 9.97 Å². The van der Waals surface area contributed by atoms with Crippen LogP contribution in [0.25, 0.3) is 0 Å². The molecule has 1 aromatic rings. The molecule has 1 saturated carbocycles. The fourth-order valence-electron chi connectivity index (χ4n) is 2.62. The van der Waals surface area contributed by atoms with Gasteiger partial charge in [-0.2, -0.15) is 0 Å². The Balaban J connectivity index is 2.04. The van der Waals surface area contributed by atoms with Gasteiger partial charge in [-0.3, -0.25) is 0 Å². The molecule has 0 saturated heterocycles. The number of alkyl halides is 1. The highest BCUT2D eigenvalue weighted by atomic mass is 35.5. The molecule has 1 aliphatic rings. The third-order valence-corrected chi connectivity index (χ3v) is 4.10. The minimum Gasteiger partial charge on any atom is -0.478 e. The fourth-order valence-corrected chi connectivity index (χ4v) is 2.90. The predicted molar refractivity (Wildman–Crippen MR) is 78.0 cm³/mol. The summed E-state index contributed by atoms with van der Waals surface area (Å²) in [4.78, 5) is 8.49. The van der Waals surface area contributed by atoms with E-state index in [9.17, 15) is 0 Å². The molecule has 0 spiro atoms. The van der Waals surface area contributed by atoms with Crippen LogP contribution in [-0.2, 0) is 0 Å². The first-order chi connectivity index (χ1) is 9.24. The molecule has 1 aromatic heterocycles. The maximum Gasteiger partial charge on any atom is 0.221 e. The Morgan fingerprint density at radius 1 is 1.42 bits per heavy atom. The van der Waals surface area contributed by atoms with Crippen LogP contribution in [0.4, 0.5) is 5.82 Å². The lowest BCUT2D eigenvalue weighted by Gasteiger charge is -2.29. The highest BCUT2D eigenvalue weighted by Crippen LogP contribution is 2.29. The second kappa shape index (κ2) is 6.94. The van der Waals surface area contributed by atoms with Crippen molar-refractivity contribution in [3.05, 3.63) is 11.9 Å². The van der Waals surface area contributed by atoms with Crippen molar-refractivity contribution in [1.82, 2.24) is 9.97 Å². The first kappa shape index (κ1) is 14.4. The normalized spacial score (nSPS) is 23.1.